The largest absolute Gasteiger partial charge is 0.467 e. The quantitative estimate of drug-likeness (QED) is 0.478. The van der Waals surface area contributed by atoms with E-state index in [1.54, 1.807) is 6.92 Å². The van der Waals surface area contributed by atoms with E-state index < -0.39 is 52.3 Å². The Kier molecular flexibility index (Phi) is 5.75. The molecule has 3 atom stereocenters. The number of amidine groups is 1. The third kappa shape index (κ3) is 4.42. The van der Waals surface area contributed by atoms with Gasteiger partial charge in [-0.1, -0.05) is 11.8 Å². The third-order valence-electron chi connectivity index (χ3n) is 5.70. The van der Waals surface area contributed by atoms with Crippen LogP contribution in [0.4, 0.5) is 22.0 Å². The van der Waals surface area contributed by atoms with E-state index in [1.807, 2.05) is 0 Å². The van der Waals surface area contributed by atoms with Crippen molar-refractivity contribution in [1.29, 1.82) is 5.26 Å². The Bertz CT molecular complexity index is 1230. The van der Waals surface area contributed by atoms with Crippen molar-refractivity contribution in [3.05, 3.63) is 53.0 Å². The van der Waals surface area contributed by atoms with Crippen LogP contribution in [0.25, 0.3) is 0 Å². The molecule has 34 heavy (non-hydrogen) atoms. The topological polar surface area (TPSA) is 114 Å². The Labute approximate surface area is 194 Å². The van der Waals surface area contributed by atoms with Crippen LogP contribution in [-0.4, -0.2) is 38.4 Å². The number of carbonyl (C=O) groups excluding carboxylic acids is 1. The van der Waals surface area contributed by atoms with Gasteiger partial charge in [0, 0.05) is 17.9 Å². The smallest absolute Gasteiger partial charge is 0.422 e. The number of nitrogens with two attached hydrogens (primary N) is 1. The van der Waals surface area contributed by atoms with Gasteiger partial charge >= 0.3 is 6.18 Å². The molecule has 13 heteroatoms. The van der Waals surface area contributed by atoms with Crippen LogP contribution >= 0.6 is 11.8 Å². The minimum atomic E-state index is -4.56. The van der Waals surface area contributed by atoms with Gasteiger partial charge in [0.1, 0.15) is 10.4 Å². The highest BCUT2D eigenvalue weighted by Gasteiger charge is 2.67. The molecule has 0 spiro atoms. The first-order chi connectivity index (χ1) is 15.9. The number of halogens is 5. The molecule has 2 N–H and O–H groups in total. The molecule has 0 saturated heterocycles. The van der Waals surface area contributed by atoms with E-state index in [9.17, 15) is 32.0 Å². The average Bonchev–Trinajstić information content (AvgIpc) is 3.50. The number of ketones is 1. The van der Waals surface area contributed by atoms with Gasteiger partial charge in [-0.3, -0.25) is 9.79 Å². The van der Waals surface area contributed by atoms with Crippen LogP contribution in [0.15, 0.2) is 29.5 Å². The monoisotopic (exact) mass is 497 g/mol. The normalized spacial score (nSPS) is 25.7. The zero-order valence-corrected chi connectivity index (χ0v) is 18.3. The molecule has 0 amide bonds. The van der Waals surface area contributed by atoms with E-state index in [4.69, 9.17) is 5.73 Å². The van der Waals surface area contributed by atoms with E-state index in [0.717, 1.165) is 30.2 Å². The summed E-state index contributed by atoms with van der Waals surface area (Å²) in [7, 11) is 0. The molecule has 1 fully saturated rings. The lowest BCUT2D eigenvalue weighted by Gasteiger charge is -2.32. The second-order valence-electron chi connectivity index (χ2n) is 8.14. The fourth-order valence-corrected chi connectivity index (χ4v) is 5.28. The maximum Gasteiger partial charge on any atom is 0.422 e. The number of hydrogen-bond acceptors (Lipinski definition) is 8. The highest BCUT2D eigenvalue weighted by atomic mass is 32.2. The number of thioether (sulfide) groups is 1. The Hall–Kier alpha value is -3.27. The Morgan fingerprint density at radius 3 is 2.68 bits per heavy atom. The SMILES string of the molecule is C[C@]1(c2cc(CC(=O)c3cnc(OCC(F)(F)F)cn3)cc(F)c2F)N=C(N)S[C@@]2(C#N)C[C@H]21. The number of ether oxygens (including phenoxy) is 1. The van der Waals surface area contributed by atoms with Crippen LogP contribution in [0.5, 0.6) is 5.88 Å². The number of hydrogen-bond donors (Lipinski definition) is 1. The summed E-state index contributed by atoms with van der Waals surface area (Å²) in [4.78, 5) is 24.3. The van der Waals surface area contributed by atoms with E-state index in [-0.39, 0.29) is 28.4 Å². The fourth-order valence-electron chi connectivity index (χ4n) is 4.00. The summed E-state index contributed by atoms with van der Waals surface area (Å²) in [5.41, 5.74) is 4.37. The second kappa shape index (κ2) is 8.19. The molecule has 1 aromatic carbocycles. The highest BCUT2D eigenvalue weighted by molar-refractivity contribution is 8.15. The predicted octanol–water partition coefficient (Wildman–Crippen LogP) is 3.68. The minimum absolute atomic E-state index is 0.0854. The van der Waals surface area contributed by atoms with Crippen molar-refractivity contribution < 1.29 is 31.5 Å². The molecule has 2 aliphatic rings. The lowest BCUT2D eigenvalue weighted by atomic mass is 9.84. The number of nitriles is 1. The summed E-state index contributed by atoms with van der Waals surface area (Å²) in [5, 5.41) is 9.62. The van der Waals surface area contributed by atoms with Gasteiger partial charge in [0.05, 0.1) is 24.0 Å². The number of rotatable bonds is 6. The van der Waals surface area contributed by atoms with E-state index in [0.29, 0.717) is 6.42 Å². The number of fused-ring (bicyclic) bond motifs is 1. The first-order valence-electron chi connectivity index (χ1n) is 9.86. The first-order valence-corrected chi connectivity index (χ1v) is 10.7. The molecule has 0 unspecified atom stereocenters. The zero-order chi connectivity index (χ0) is 24.9. The second-order valence-corrected chi connectivity index (χ2v) is 9.49. The molecule has 2 heterocycles. The van der Waals surface area contributed by atoms with Crippen LogP contribution in [0.2, 0.25) is 0 Å². The lowest BCUT2D eigenvalue weighted by Crippen LogP contribution is -2.35. The van der Waals surface area contributed by atoms with Crippen molar-refractivity contribution in [3.8, 4) is 11.9 Å². The van der Waals surface area contributed by atoms with Crippen LogP contribution in [0.3, 0.4) is 0 Å². The van der Waals surface area contributed by atoms with Crippen LogP contribution in [0, 0.1) is 28.9 Å². The molecule has 2 aromatic rings. The molecule has 0 radical (unpaired) electrons. The van der Waals surface area contributed by atoms with Gasteiger partial charge in [0.2, 0.25) is 5.88 Å². The summed E-state index contributed by atoms with van der Waals surface area (Å²) >= 11 is 1.10. The molecule has 1 aliphatic carbocycles. The minimum Gasteiger partial charge on any atom is -0.467 e. The molecule has 1 saturated carbocycles. The molecule has 178 valence electrons. The van der Waals surface area contributed by atoms with Crippen molar-refractivity contribution in [2.75, 3.05) is 6.61 Å². The van der Waals surface area contributed by atoms with Crippen molar-refractivity contribution in [1.82, 2.24) is 9.97 Å². The molecular formula is C21H16F5N5O2S. The number of aromatic nitrogens is 2. The van der Waals surface area contributed by atoms with Gasteiger partial charge in [0.25, 0.3) is 0 Å². The molecular weight excluding hydrogens is 481 g/mol. The number of Topliss-reactive ketones (excluding diaryl/α,β-unsaturated/α-hetero) is 1. The van der Waals surface area contributed by atoms with Gasteiger partial charge in [-0.2, -0.15) is 18.4 Å². The van der Waals surface area contributed by atoms with Crippen molar-refractivity contribution in [2.24, 2.45) is 16.6 Å². The summed E-state index contributed by atoms with van der Waals surface area (Å²) in [6, 6.07) is 4.35. The predicted molar refractivity (Wildman–Crippen MR) is 111 cm³/mol. The van der Waals surface area contributed by atoms with Gasteiger partial charge in [-0.15, -0.1) is 0 Å². The Balaban J connectivity index is 1.57. The van der Waals surface area contributed by atoms with Gasteiger partial charge in [0.15, 0.2) is 29.2 Å². The van der Waals surface area contributed by atoms with Crippen molar-refractivity contribution >= 4 is 22.7 Å². The van der Waals surface area contributed by atoms with Crippen molar-refractivity contribution in [3.63, 3.8) is 0 Å². The molecule has 4 rings (SSSR count). The molecule has 1 aromatic heterocycles. The third-order valence-corrected chi connectivity index (χ3v) is 6.91. The standard InChI is InChI=1S/C21H16F5N5O2S/c1-19(15-5-20(15,8-27)34-18(28)31-19)11-2-10(3-12(22)17(11)23)4-14(32)13-6-30-16(7-29-13)33-9-21(24,25)26/h2-3,6-7,15H,4-5,9H2,1H3,(H2,28,31)/t15-,19+,20+/m0/s1. The fraction of sp³-hybridized carbons (Fsp3) is 0.381. The maximum absolute atomic E-state index is 14.8. The number of benzene rings is 1. The average molecular weight is 497 g/mol. The molecule has 7 nitrogen and oxygen atoms in total. The summed E-state index contributed by atoms with van der Waals surface area (Å²) in [5.74, 6) is -3.78. The van der Waals surface area contributed by atoms with E-state index >= 15 is 0 Å². The van der Waals surface area contributed by atoms with E-state index in [1.165, 1.54) is 6.07 Å². The summed E-state index contributed by atoms with van der Waals surface area (Å²) in [6.07, 6.45) is -2.75. The number of carbonyl (C=O) groups is 1. The van der Waals surface area contributed by atoms with Crippen LogP contribution in [0.1, 0.15) is 35.0 Å². The molecule has 1 aliphatic heterocycles. The number of alkyl halides is 3. The van der Waals surface area contributed by atoms with Gasteiger partial charge in [-0.25, -0.2) is 18.7 Å². The van der Waals surface area contributed by atoms with Crippen LogP contribution < -0.4 is 10.5 Å². The van der Waals surface area contributed by atoms with Gasteiger partial charge < -0.3 is 10.5 Å². The Morgan fingerprint density at radius 2 is 2.06 bits per heavy atom. The zero-order valence-electron chi connectivity index (χ0n) is 17.5. The Morgan fingerprint density at radius 1 is 1.32 bits per heavy atom. The number of nitrogens with zero attached hydrogens (tertiary/aromatic N) is 4. The highest BCUT2D eigenvalue weighted by Crippen LogP contribution is 2.65. The summed E-state index contributed by atoms with van der Waals surface area (Å²) in [6.45, 7) is 0.00287. The summed E-state index contributed by atoms with van der Waals surface area (Å²) < 4.78 is 69.6. The maximum atomic E-state index is 14.8. The first kappa shape index (κ1) is 23.9. The van der Waals surface area contributed by atoms with Crippen LogP contribution in [-0.2, 0) is 12.0 Å². The van der Waals surface area contributed by atoms with Crippen molar-refractivity contribution in [2.45, 2.75) is 36.2 Å². The molecule has 0 bridgehead atoms. The number of aliphatic imine (C=N–C) groups is 1. The van der Waals surface area contributed by atoms with Gasteiger partial charge in [-0.05, 0) is 31.0 Å². The lowest BCUT2D eigenvalue weighted by molar-refractivity contribution is -0.154. The van der Waals surface area contributed by atoms with E-state index in [2.05, 4.69) is 25.8 Å².